The Balaban J connectivity index is 1.53. The number of carbonyl (C=O) groups excluding carboxylic acids is 2. The molecule has 11 heteroatoms. The van der Waals surface area contributed by atoms with Crippen LogP contribution in [0.3, 0.4) is 0 Å². The Bertz CT molecular complexity index is 1190. The van der Waals surface area contributed by atoms with E-state index in [1.54, 1.807) is 39.0 Å². The molecule has 10 nitrogen and oxygen atoms in total. The smallest absolute Gasteiger partial charge is 0.341 e. The van der Waals surface area contributed by atoms with Crippen LogP contribution in [0.15, 0.2) is 23.1 Å². The number of rotatable bonds is 6. The number of hydrogen-bond acceptors (Lipinski definition) is 7. The number of fused-ring (bicyclic) bond motifs is 1. The Labute approximate surface area is 192 Å². The van der Waals surface area contributed by atoms with E-state index in [2.05, 4.69) is 10.3 Å². The molecule has 2 aliphatic rings. The highest BCUT2D eigenvalue weighted by molar-refractivity contribution is 7.89. The van der Waals surface area contributed by atoms with Crippen molar-refractivity contribution in [3.8, 4) is 11.5 Å². The highest BCUT2D eigenvalue weighted by atomic mass is 32.2. The van der Waals surface area contributed by atoms with Gasteiger partial charge in [-0.05, 0) is 45.7 Å². The van der Waals surface area contributed by atoms with Crippen LogP contribution < -0.4 is 14.8 Å². The van der Waals surface area contributed by atoms with Crippen molar-refractivity contribution >= 4 is 27.6 Å². The van der Waals surface area contributed by atoms with E-state index in [9.17, 15) is 18.0 Å². The van der Waals surface area contributed by atoms with Crippen LogP contribution in [0.2, 0.25) is 0 Å². The van der Waals surface area contributed by atoms with Crippen molar-refractivity contribution in [2.24, 2.45) is 5.92 Å². The molecule has 0 spiro atoms. The molecular formula is C22H27N3O7S. The summed E-state index contributed by atoms with van der Waals surface area (Å²) in [5.74, 6) is -0.346. The zero-order valence-electron chi connectivity index (χ0n) is 18.8. The topological polar surface area (TPSA) is 127 Å². The summed E-state index contributed by atoms with van der Waals surface area (Å²) >= 11 is 0. The van der Waals surface area contributed by atoms with Gasteiger partial charge in [-0.25, -0.2) is 13.2 Å². The number of aromatic nitrogens is 1. The molecule has 4 rings (SSSR count). The van der Waals surface area contributed by atoms with Crippen molar-refractivity contribution in [3.05, 3.63) is 35.2 Å². The molecule has 1 aromatic heterocycles. The average molecular weight is 478 g/mol. The van der Waals surface area contributed by atoms with E-state index in [0.29, 0.717) is 41.4 Å². The van der Waals surface area contributed by atoms with Crippen molar-refractivity contribution in [1.82, 2.24) is 9.29 Å². The number of aryl methyl sites for hydroxylation is 2. The molecule has 0 unspecified atom stereocenters. The van der Waals surface area contributed by atoms with Gasteiger partial charge in [0.25, 0.3) is 0 Å². The first-order valence-corrected chi connectivity index (χ1v) is 12.2. The summed E-state index contributed by atoms with van der Waals surface area (Å²) in [7, 11) is -4.03. The van der Waals surface area contributed by atoms with Gasteiger partial charge >= 0.3 is 5.97 Å². The first kappa shape index (κ1) is 23.1. The standard InChI is InChI=1S/C22H27N3O7S/c1-4-30-22(27)19-13(2)23-14(3)20(19)33(28,29)25-9-5-6-15(11-25)21(26)24-16-7-8-17-18(10-16)32-12-31-17/h7-8,10,15,23H,4-6,9,11-12H2,1-3H3,(H,24,26)/t15-/m0/s1. The number of anilines is 1. The van der Waals surface area contributed by atoms with Crippen molar-refractivity contribution in [3.63, 3.8) is 0 Å². The third-order valence-corrected chi connectivity index (χ3v) is 7.83. The highest BCUT2D eigenvalue weighted by Crippen LogP contribution is 2.35. The number of amides is 1. The normalized spacial score (nSPS) is 18.2. The Morgan fingerprint density at radius 3 is 2.73 bits per heavy atom. The summed E-state index contributed by atoms with van der Waals surface area (Å²) in [5.41, 5.74) is 1.35. The number of piperidine rings is 1. The molecule has 2 N–H and O–H groups in total. The lowest BCUT2D eigenvalue weighted by Crippen LogP contribution is -2.44. The number of hydrogen-bond donors (Lipinski definition) is 2. The maximum Gasteiger partial charge on any atom is 0.341 e. The van der Waals surface area contributed by atoms with Gasteiger partial charge in [-0.15, -0.1) is 0 Å². The van der Waals surface area contributed by atoms with Crippen LogP contribution in [0, 0.1) is 19.8 Å². The van der Waals surface area contributed by atoms with Gasteiger partial charge in [-0.2, -0.15) is 4.31 Å². The van der Waals surface area contributed by atoms with Crippen molar-refractivity contribution < 1.29 is 32.2 Å². The second kappa shape index (κ2) is 9.06. The molecule has 3 heterocycles. The predicted octanol–water partition coefficient (Wildman–Crippen LogP) is 2.58. The van der Waals surface area contributed by atoms with Crippen LogP contribution in [0.1, 0.15) is 41.5 Å². The predicted molar refractivity (Wildman–Crippen MR) is 119 cm³/mol. The average Bonchev–Trinajstić information content (AvgIpc) is 3.37. The molecule has 1 saturated heterocycles. The van der Waals surface area contributed by atoms with Crippen LogP contribution >= 0.6 is 0 Å². The number of aromatic amines is 1. The summed E-state index contributed by atoms with van der Waals surface area (Å²) in [6.45, 7) is 5.45. The lowest BCUT2D eigenvalue weighted by Gasteiger charge is -2.31. The van der Waals surface area contributed by atoms with Crippen LogP contribution in [0.4, 0.5) is 5.69 Å². The largest absolute Gasteiger partial charge is 0.462 e. The number of esters is 1. The second-order valence-corrected chi connectivity index (χ2v) is 9.93. The summed E-state index contributed by atoms with van der Waals surface area (Å²) in [4.78, 5) is 28.3. The van der Waals surface area contributed by atoms with Crippen molar-refractivity contribution in [2.75, 3.05) is 31.8 Å². The number of sulfonamides is 1. The minimum absolute atomic E-state index is 0.0151. The van der Waals surface area contributed by atoms with E-state index in [1.165, 1.54) is 4.31 Å². The van der Waals surface area contributed by atoms with Gasteiger partial charge in [0.2, 0.25) is 22.7 Å². The Hall–Kier alpha value is -3.05. The zero-order chi connectivity index (χ0) is 23.8. The summed E-state index contributed by atoms with van der Waals surface area (Å²) in [6, 6.07) is 5.10. The minimum atomic E-state index is -4.03. The van der Waals surface area contributed by atoms with E-state index < -0.39 is 21.9 Å². The number of nitrogens with zero attached hydrogens (tertiary/aromatic N) is 1. The number of benzene rings is 1. The molecule has 0 saturated carbocycles. The van der Waals surface area contributed by atoms with E-state index in [1.807, 2.05) is 0 Å². The van der Waals surface area contributed by atoms with Crippen LogP contribution in [-0.2, 0) is 19.6 Å². The van der Waals surface area contributed by atoms with Gasteiger partial charge < -0.3 is 24.5 Å². The molecule has 1 atom stereocenters. The molecule has 2 aliphatic heterocycles. The van der Waals surface area contributed by atoms with Crippen LogP contribution in [0.25, 0.3) is 0 Å². The molecule has 0 bridgehead atoms. The maximum absolute atomic E-state index is 13.5. The van der Waals surface area contributed by atoms with Crippen molar-refractivity contribution in [2.45, 2.75) is 38.5 Å². The molecule has 0 radical (unpaired) electrons. The van der Waals surface area contributed by atoms with Crippen LogP contribution in [0.5, 0.6) is 11.5 Å². The van der Waals surface area contributed by atoms with E-state index >= 15 is 0 Å². The van der Waals surface area contributed by atoms with Gasteiger partial charge in [-0.1, -0.05) is 0 Å². The quantitative estimate of drug-likeness (QED) is 0.612. The van der Waals surface area contributed by atoms with E-state index in [-0.39, 0.29) is 42.9 Å². The Kier molecular flexibility index (Phi) is 6.35. The monoisotopic (exact) mass is 477 g/mol. The van der Waals surface area contributed by atoms with Gasteiger partial charge in [0, 0.05) is 36.2 Å². The fourth-order valence-corrected chi connectivity index (χ4v) is 6.19. The summed E-state index contributed by atoms with van der Waals surface area (Å²) < 4.78 is 44.1. The summed E-state index contributed by atoms with van der Waals surface area (Å²) in [6.07, 6.45) is 1.08. The molecule has 1 amide bonds. The molecule has 1 aromatic carbocycles. The molecule has 0 aliphatic carbocycles. The lowest BCUT2D eigenvalue weighted by molar-refractivity contribution is -0.120. The molecule has 1 fully saturated rings. The van der Waals surface area contributed by atoms with Crippen LogP contribution in [-0.4, -0.2) is 56.1 Å². The van der Waals surface area contributed by atoms with Gasteiger partial charge in [0.05, 0.1) is 12.5 Å². The Morgan fingerprint density at radius 2 is 1.97 bits per heavy atom. The molecular weight excluding hydrogens is 450 g/mol. The first-order valence-electron chi connectivity index (χ1n) is 10.8. The number of H-pyrrole nitrogens is 1. The third-order valence-electron chi connectivity index (χ3n) is 5.79. The second-order valence-electron chi connectivity index (χ2n) is 8.06. The number of ether oxygens (including phenoxy) is 3. The fraction of sp³-hybridized carbons (Fsp3) is 0.455. The number of nitrogens with one attached hydrogen (secondary N) is 2. The lowest BCUT2D eigenvalue weighted by atomic mass is 9.98. The highest BCUT2D eigenvalue weighted by Gasteiger charge is 2.38. The maximum atomic E-state index is 13.5. The molecule has 2 aromatic rings. The van der Waals surface area contributed by atoms with E-state index in [4.69, 9.17) is 14.2 Å². The van der Waals surface area contributed by atoms with Gasteiger partial charge in [-0.3, -0.25) is 4.79 Å². The minimum Gasteiger partial charge on any atom is -0.462 e. The first-order chi connectivity index (χ1) is 15.7. The van der Waals surface area contributed by atoms with Gasteiger partial charge in [0.1, 0.15) is 10.5 Å². The zero-order valence-corrected chi connectivity index (χ0v) is 19.6. The fourth-order valence-electron chi connectivity index (χ4n) is 4.25. The SMILES string of the molecule is CCOC(=O)c1c(C)[nH]c(C)c1S(=O)(=O)N1CCC[C@H](C(=O)Nc2ccc3c(c2)OCO3)C1. The molecule has 178 valence electrons. The third kappa shape index (κ3) is 4.42. The Morgan fingerprint density at radius 1 is 1.21 bits per heavy atom. The van der Waals surface area contributed by atoms with Gasteiger partial charge in [0.15, 0.2) is 11.5 Å². The van der Waals surface area contributed by atoms with Crippen molar-refractivity contribution in [1.29, 1.82) is 0 Å². The van der Waals surface area contributed by atoms with E-state index in [0.717, 1.165) is 0 Å². The molecule has 33 heavy (non-hydrogen) atoms. The summed E-state index contributed by atoms with van der Waals surface area (Å²) in [5, 5.41) is 2.84. The number of carbonyl (C=O) groups is 2.